The normalized spacial score (nSPS) is 15.4. The van der Waals surface area contributed by atoms with E-state index in [0.717, 1.165) is 31.9 Å². The van der Waals surface area contributed by atoms with Crippen LogP contribution in [0.3, 0.4) is 0 Å². The number of piperazine rings is 1. The topological polar surface area (TPSA) is 78.7 Å². The zero-order valence-corrected chi connectivity index (χ0v) is 16.7. The highest BCUT2D eigenvalue weighted by atomic mass is 35.5. The van der Waals surface area contributed by atoms with E-state index < -0.39 is 10.0 Å². The van der Waals surface area contributed by atoms with Crippen molar-refractivity contribution in [3.63, 3.8) is 0 Å². The van der Waals surface area contributed by atoms with Gasteiger partial charge in [-0.2, -0.15) is 0 Å². The third kappa shape index (κ3) is 4.73. The lowest BCUT2D eigenvalue weighted by atomic mass is 10.2. The maximum atomic E-state index is 12.6. The van der Waals surface area contributed by atoms with E-state index in [-0.39, 0.29) is 17.3 Å². The highest BCUT2D eigenvalue weighted by molar-refractivity contribution is 7.92. The molecule has 0 radical (unpaired) electrons. The summed E-state index contributed by atoms with van der Waals surface area (Å²) in [5.41, 5.74) is 7.87. The smallest absolute Gasteiger partial charge is 0.261 e. The maximum absolute atomic E-state index is 12.6. The third-order valence-electron chi connectivity index (χ3n) is 4.23. The molecule has 0 amide bonds. The molecule has 3 N–H and O–H groups in total. The number of halogens is 2. The summed E-state index contributed by atoms with van der Waals surface area (Å²) in [5, 5.41) is 0.463. The molecule has 3 rings (SSSR count). The second-order valence-electron chi connectivity index (χ2n) is 6.13. The summed E-state index contributed by atoms with van der Waals surface area (Å²) in [7, 11) is -1.64. The number of anilines is 3. The van der Waals surface area contributed by atoms with Crippen LogP contribution >= 0.6 is 24.0 Å². The van der Waals surface area contributed by atoms with Crippen molar-refractivity contribution in [3.8, 4) is 0 Å². The second-order valence-corrected chi connectivity index (χ2v) is 8.25. The van der Waals surface area contributed by atoms with Crippen LogP contribution in [0.15, 0.2) is 47.4 Å². The lowest BCUT2D eigenvalue weighted by molar-refractivity contribution is 0.313. The van der Waals surface area contributed by atoms with Crippen molar-refractivity contribution in [2.45, 2.75) is 4.90 Å². The first-order valence-corrected chi connectivity index (χ1v) is 9.83. The zero-order chi connectivity index (χ0) is 18.0. The quantitative estimate of drug-likeness (QED) is 0.748. The summed E-state index contributed by atoms with van der Waals surface area (Å²) in [5.74, 6) is 0. The molecule has 26 heavy (non-hydrogen) atoms. The van der Waals surface area contributed by atoms with Gasteiger partial charge in [0, 0.05) is 31.2 Å². The van der Waals surface area contributed by atoms with Crippen LogP contribution in [0.25, 0.3) is 0 Å². The lowest BCUT2D eigenvalue weighted by Gasteiger charge is -2.34. The second kappa shape index (κ2) is 8.35. The predicted octanol–water partition coefficient (Wildman–Crippen LogP) is 2.90. The average Bonchev–Trinajstić information content (AvgIpc) is 2.55. The number of benzene rings is 2. The summed E-state index contributed by atoms with van der Waals surface area (Å²) in [6, 6.07) is 11.4. The number of likely N-dealkylation sites (N-methyl/N-ethyl adjacent to an activating group) is 1. The molecule has 0 aromatic heterocycles. The summed E-state index contributed by atoms with van der Waals surface area (Å²) in [4.78, 5) is 4.55. The fraction of sp³-hybridized carbons (Fsp3) is 0.294. The van der Waals surface area contributed by atoms with Gasteiger partial charge in [0.25, 0.3) is 10.0 Å². The molecule has 0 bridgehead atoms. The van der Waals surface area contributed by atoms with E-state index in [0.29, 0.717) is 16.4 Å². The van der Waals surface area contributed by atoms with Crippen molar-refractivity contribution in [3.05, 3.63) is 47.5 Å². The van der Waals surface area contributed by atoms with Crippen molar-refractivity contribution < 1.29 is 8.42 Å². The van der Waals surface area contributed by atoms with E-state index in [1.54, 1.807) is 36.4 Å². The molecule has 2 aromatic rings. The third-order valence-corrected chi connectivity index (χ3v) is 5.84. The highest BCUT2D eigenvalue weighted by Crippen LogP contribution is 2.28. The van der Waals surface area contributed by atoms with Gasteiger partial charge in [0.05, 0.1) is 22.0 Å². The number of nitrogen functional groups attached to an aromatic ring is 1. The first-order valence-electron chi connectivity index (χ1n) is 7.96. The monoisotopic (exact) mass is 416 g/mol. The van der Waals surface area contributed by atoms with Crippen molar-refractivity contribution in [1.82, 2.24) is 4.90 Å². The molecule has 0 unspecified atom stereocenters. The Kier molecular flexibility index (Phi) is 6.63. The van der Waals surface area contributed by atoms with Crippen LogP contribution in [0.4, 0.5) is 17.1 Å². The van der Waals surface area contributed by atoms with Gasteiger partial charge >= 0.3 is 0 Å². The number of hydrogen-bond acceptors (Lipinski definition) is 5. The molecule has 9 heteroatoms. The number of hydrogen-bond donors (Lipinski definition) is 2. The number of nitrogens with one attached hydrogen (secondary N) is 1. The van der Waals surface area contributed by atoms with Crippen LogP contribution in [0.1, 0.15) is 0 Å². The van der Waals surface area contributed by atoms with E-state index in [1.165, 1.54) is 6.07 Å². The van der Waals surface area contributed by atoms with Gasteiger partial charge in [-0.15, -0.1) is 12.4 Å². The van der Waals surface area contributed by atoms with Gasteiger partial charge in [-0.25, -0.2) is 8.42 Å². The Hall–Kier alpha value is -1.67. The molecule has 2 aromatic carbocycles. The molecule has 1 aliphatic heterocycles. The van der Waals surface area contributed by atoms with E-state index in [1.807, 2.05) is 0 Å². The van der Waals surface area contributed by atoms with E-state index in [9.17, 15) is 8.42 Å². The van der Waals surface area contributed by atoms with Crippen molar-refractivity contribution >= 4 is 51.1 Å². The Morgan fingerprint density at radius 2 is 1.77 bits per heavy atom. The van der Waals surface area contributed by atoms with Crippen LogP contribution in [0.5, 0.6) is 0 Å². The summed E-state index contributed by atoms with van der Waals surface area (Å²) < 4.78 is 27.7. The average molecular weight is 417 g/mol. The Labute approximate surface area is 165 Å². The van der Waals surface area contributed by atoms with Gasteiger partial charge in [-0.05, 0) is 43.4 Å². The summed E-state index contributed by atoms with van der Waals surface area (Å²) >= 11 is 5.90. The van der Waals surface area contributed by atoms with Gasteiger partial charge in [0.1, 0.15) is 0 Å². The van der Waals surface area contributed by atoms with Crippen molar-refractivity contribution in [1.29, 1.82) is 0 Å². The van der Waals surface area contributed by atoms with Crippen LogP contribution in [-0.2, 0) is 10.0 Å². The Morgan fingerprint density at radius 3 is 2.38 bits per heavy atom. The Bertz CT molecular complexity index is 869. The van der Waals surface area contributed by atoms with E-state index in [2.05, 4.69) is 21.6 Å². The largest absolute Gasteiger partial charge is 0.397 e. The zero-order valence-electron chi connectivity index (χ0n) is 14.4. The summed E-state index contributed by atoms with van der Waals surface area (Å²) in [6.07, 6.45) is 0. The van der Waals surface area contributed by atoms with Crippen LogP contribution in [-0.4, -0.2) is 46.5 Å². The van der Waals surface area contributed by atoms with Crippen molar-refractivity contribution in [2.24, 2.45) is 0 Å². The molecule has 6 nitrogen and oxygen atoms in total. The Balaban J connectivity index is 0.00000243. The van der Waals surface area contributed by atoms with Gasteiger partial charge in [0.2, 0.25) is 0 Å². The predicted molar refractivity (Wildman–Crippen MR) is 110 cm³/mol. The molecular weight excluding hydrogens is 395 g/mol. The lowest BCUT2D eigenvalue weighted by Crippen LogP contribution is -2.44. The molecule has 1 aliphatic rings. The minimum absolute atomic E-state index is 0. The van der Waals surface area contributed by atoms with E-state index in [4.69, 9.17) is 17.3 Å². The molecule has 1 heterocycles. The number of nitrogens with two attached hydrogens (primary N) is 1. The molecule has 142 valence electrons. The van der Waals surface area contributed by atoms with Gasteiger partial charge in [0.15, 0.2) is 0 Å². The number of rotatable bonds is 4. The van der Waals surface area contributed by atoms with E-state index >= 15 is 0 Å². The van der Waals surface area contributed by atoms with Gasteiger partial charge in [-0.3, -0.25) is 4.72 Å². The molecule has 0 spiro atoms. The molecule has 0 saturated carbocycles. The summed E-state index contributed by atoms with van der Waals surface area (Å²) in [6.45, 7) is 3.65. The highest BCUT2D eigenvalue weighted by Gasteiger charge is 2.20. The standard InChI is InChI=1S/C17H21ClN4O2S.ClH/c1-21-7-9-22(10-8-21)17-6-5-15(12-16(17)19)25(23,24)20-14-4-2-3-13(18)11-14;/h2-6,11-12,20H,7-10,19H2,1H3;1H. The number of nitrogens with zero attached hydrogens (tertiary/aromatic N) is 2. The molecule has 0 aliphatic carbocycles. The minimum atomic E-state index is -3.72. The van der Waals surface area contributed by atoms with Gasteiger partial charge < -0.3 is 15.5 Å². The van der Waals surface area contributed by atoms with Crippen LogP contribution in [0, 0.1) is 0 Å². The SMILES string of the molecule is CN1CCN(c2ccc(S(=O)(=O)Nc3cccc(Cl)c3)cc2N)CC1.Cl. The molecule has 1 fully saturated rings. The van der Waals surface area contributed by atoms with Crippen LogP contribution in [0.2, 0.25) is 5.02 Å². The number of sulfonamides is 1. The minimum Gasteiger partial charge on any atom is -0.397 e. The molecule has 0 atom stereocenters. The first-order chi connectivity index (χ1) is 11.8. The molecular formula is C17H22Cl2N4O2S. The first kappa shape index (κ1) is 20.6. The molecule has 1 saturated heterocycles. The fourth-order valence-electron chi connectivity index (χ4n) is 2.80. The van der Waals surface area contributed by atoms with Crippen LogP contribution < -0.4 is 15.4 Å². The van der Waals surface area contributed by atoms with Gasteiger partial charge in [-0.1, -0.05) is 17.7 Å². The van der Waals surface area contributed by atoms with Crippen molar-refractivity contribution in [2.75, 3.05) is 48.6 Å². The maximum Gasteiger partial charge on any atom is 0.261 e. The fourth-order valence-corrected chi connectivity index (χ4v) is 4.08. The Morgan fingerprint density at radius 1 is 1.08 bits per heavy atom.